The minimum absolute atomic E-state index is 0.0215. The summed E-state index contributed by atoms with van der Waals surface area (Å²) in [4.78, 5) is 12.1. The zero-order valence-corrected chi connectivity index (χ0v) is 12.3. The zero-order chi connectivity index (χ0) is 12.8. The molecule has 0 aliphatic carbocycles. The van der Waals surface area contributed by atoms with Crippen LogP contribution in [0.5, 0.6) is 0 Å². The molecule has 1 aromatic rings. The molecule has 1 aromatic carbocycles. The molecule has 0 fully saturated rings. The molecule has 1 amide bonds. The molecule has 1 N–H and O–H groups in total. The number of nitrogens with one attached hydrogen (secondary N) is 1. The molecular weight excluding hydrogens is 278 g/mol. The highest BCUT2D eigenvalue weighted by molar-refractivity contribution is 9.09. The van der Waals surface area contributed by atoms with Crippen molar-refractivity contribution in [3.63, 3.8) is 0 Å². The van der Waals surface area contributed by atoms with Crippen molar-refractivity contribution in [2.24, 2.45) is 5.92 Å². The Morgan fingerprint density at radius 3 is 2.53 bits per heavy atom. The predicted octanol–water partition coefficient (Wildman–Crippen LogP) is 3.53. The number of hydrogen-bond donors (Lipinski definition) is 1. The van der Waals surface area contributed by atoms with E-state index in [2.05, 4.69) is 35.1 Å². The van der Waals surface area contributed by atoms with Crippen molar-refractivity contribution in [2.75, 3.05) is 5.33 Å². The number of hydrogen-bond acceptors (Lipinski definition) is 1. The first-order valence-electron chi connectivity index (χ1n) is 5.97. The fourth-order valence-electron chi connectivity index (χ4n) is 1.82. The second kappa shape index (κ2) is 6.80. The molecule has 0 saturated carbocycles. The summed E-state index contributed by atoms with van der Waals surface area (Å²) in [6, 6.07) is 7.86. The van der Waals surface area contributed by atoms with E-state index in [4.69, 9.17) is 0 Å². The summed E-state index contributed by atoms with van der Waals surface area (Å²) in [5.74, 6) is 0.600. The molecule has 94 valence electrons. The van der Waals surface area contributed by atoms with Crippen molar-refractivity contribution >= 4 is 21.8 Å². The number of aryl methyl sites for hydroxylation is 1. The molecule has 0 heterocycles. The van der Waals surface area contributed by atoms with E-state index < -0.39 is 0 Å². The van der Waals surface area contributed by atoms with Crippen LogP contribution in [0.15, 0.2) is 24.3 Å². The largest absolute Gasteiger partial charge is 0.348 e. The van der Waals surface area contributed by atoms with Crippen LogP contribution in [-0.2, 0) is 0 Å². The van der Waals surface area contributed by atoms with Crippen LogP contribution < -0.4 is 5.32 Å². The van der Waals surface area contributed by atoms with Crippen molar-refractivity contribution in [2.45, 2.75) is 33.2 Å². The minimum Gasteiger partial charge on any atom is -0.348 e. The molecule has 0 saturated heterocycles. The summed E-state index contributed by atoms with van der Waals surface area (Å²) >= 11 is 3.45. The molecular formula is C14H20BrNO. The van der Waals surface area contributed by atoms with Gasteiger partial charge in [-0.05, 0) is 30.9 Å². The molecule has 0 aliphatic heterocycles. The number of amides is 1. The fourth-order valence-corrected chi connectivity index (χ4v) is 2.25. The summed E-state index contributed by atoms with van der Waals surface area (Å²) in [6.45, 7) is 6.28. The number of halogens is 1. The van der Waals surface area contributed by atoms with Crippen LogP contribution in [0.3, 0.4) is 0 Å². The Kier molecular flexibility index (Phi) is 5.69. The molecule has 0 aromatic heterocycles. The Balaban J connectivity index is 2.68. The molecule has 2 nitrogen and oxygen atoms in total. The van der Waals surface area contributed by atoms with Crippen molar-refractivity contribution in [3.05, 3.63) is 35.4 Å². The minimum atomic E-state index is 0.0215. The fraction of sp³-hybridized carbons (Fsp3) is 0.500. The van der Waals surface area contributed by atoms with Crippen LogP contribution >= 0.6 is 15.9 Å². The van der Waals surface area contributed by atoms with E-state index in [1.807, 2.05) is 31.2 Å². The van der Waals surface area contributed by atoms with Crippen LogP contribution in [0.1, 0.15) is 36.2 Å². The number of alkyl halides is 1. The Morgan fingerprint density at radius 2 is 2.00 bits per heavy atom. The van der Waals surface area contributed by atoms with Gasteiger partial charge in [0.1, 0.15) is 0 Å². The monoisotopic (exact) mass is 297 g/mol. The van der Waals surface area contributed by atoms with Crippen LogP contribution in [-0.4, -0.2) is 17.3 Å². The number of carbonyl (C=O) groups excluding carboxylic acids is 1. The van der Waals surface area contributed by atoms with E-state index >= 15 is 0 Å². The molecule has 1 atom stereocenters. The molecule has 17 heavy (non-hydrogen) atoms. The van der Waals surface area contributed by atoms with Crippen LogP contribution in [0, 0.1) is 12.8 Å². The Labute approximate surface area is 112 Å². The van der Waals surface area contributed by atoms with Gasteiger partial charge in [0.25, 0.3) is 5.91 Å². The van der Waals surface area contributed by atoms with E-state index in [1.165, 1.54) is 0 Å². The van der Waals surface area contributed by atoms with Crippen LogP contribution in [0.2, 0.25) is 0 Å². The van der Waals surface area contributed by atoms with Gasteiger partial charge >= 0.3 is 0 Å². The first-order valence-corrected chi connectivity index (χ1v) is 7.09. The van der Waals surface area contributed by atoms with Crippen molar-refractivity contribution in [3.8, 4) is 0 Å². The zero-order valence-electron chi connectivity index (χ0n) is 10.7. The maximum Gasteiger partial charge on any atom is 0.251 e. The molecule has 3 heteroatoms. The van der Waals surface area contributed by atoms with Crippen LogP contribution in [0.25, 0.3) is 0 Å². The maximum atomic E-state index is 12.1. The van der Waals surface area contributed by atoms with Gasteiger partial charge in [0.2, 0.25) is 0 Å². The predicted molar refractivity (Wildman–Crippen MR) is 75.7 cm³/mol. The maximum absolute atomic E-state index is 12.1. The highest BCUT2D eigenvalue weighted by Gasteiger charge is 2.15. The van der Waals surface area contributed by atoms with E-state index in [0.717, 1.165) is 22.9 Å². The van der Waals surface area contributed by atoms with Gasteiger partial charge in [-0.25, -0.2) is 0 Å². The van der Waals surface area contributed by atoms with Crippen molar-refractivity contribution in [1.29, 1.82) is 0 Å². The molecule has 1 rings (SSSR count). The smallest absolute Gasteiger partial charge is 0.251 e. The lowest BCUT2D eigenvalue weighted by Crippen LogP contribution is -2.37. The molecule has 0 aliphatic rings. The highest BCUT2D eigenvalue weighted by atomic mass is 79.9. The normalized spacial score (nSPS) is 12.5. The quantitative estimate of drug-likeness (QED) is 0.828. The molecule has 1 unspecified atom stereocenters. The number of benzene rings is 1. The molecule has 0 bridgehead atoms. The summed E-state index contributed by atoms with van der Waals surface area (Å²) in [7, 11) is 0. The van der Waals surface area contributed by atoms with Gasteiger partial charge in [0, 0.05) is 16.9 Å². The van der Waals surface area contributed by atoms with Gasteiger partial charge in [-0.1, -0.05) is 48.0 Å². The van der Waals surface area contributed by atoms with Crippen LogP contribution in [0.4, 0.5) is 0 Å². The van der Waals surface area contributed by atoms with Gasteiger partial charge in [-0.2, -0.15) is 0 Å². The first-order chi connectivity index (χ1) is 8.04. The van der Waals surface area contributed by atoms with E-state index in [-0.39, 0.29) is 11.9 Å². The SMILES string of the molecule is Cc1ccccc1C(=O)NC(CBr)CC(C)C. The second-order valence-electron chi connectivity index (χ2n) is 4.77. The molecule has 0 radical (unpaired) electrons. The lowest BCUT2D eigenvalue weighted by atomic mass is 10.0. The standard InChI is InChI=1S/C14H20BrNO/c1-10(2)8-12(9-15)16-14(17)13-7-5-4-6-11(13)3/h4-7,10,12H,8-9H2,1-3H3,(H,16,17). The van der Waals surface area contributed by atoms with E-state index in [9.17, 15) is 4.79 Å². The van der Waals surface area contributed by atoms with E-state index in [1.54, 1.807) is 0 Å². The highest BCUT2D eigenvalue weighted by Crippen LogP contribution is 2.10. The summed E-state index contributed by atoms with van der Waals surface area (Å²) in [6.07, 6.45) is 0.989. The van der Waals surface area contributed by atoms with Gasteiger partial charge in [-0.15, -0.1) is 0 Å². The topological polar surface area (TPSA) is 29.1 Å². The summed E-state index contributed by atoms with van der Waals surface area (Å²) < 4.78 is 0. The lowest BCUT2D eigenvalue weighted by Gasteiger charge is -2.18. The van der Waals surface area contributed by atoms with Crippen molar-refractivity contribution < 1.29 is 4.79 Å². The summed E-state index contributed by atoms with van der Waals surface area (Å²) in [5.41, 5.74) is 1.78. The summed E-state index contributed by atoms with van der Waals surface area (Å²) in [5, 5.41) is 3.86. The van der Waals surface area contributed by atoms with E-state index in [0.29, 0.717) is 5.92 Å². The van der Waals surface area contributed by atoms with Gasteiger partial charge < -0.3 is 5.32 Å². The average molecular weight is 298 g/mol. The van der Waals surface area contributed by atoms with Gasteiger partial charge in [0.15, 0.2) is 0 Å². The van der Waals surface area contributed by atoms with Crippen molar-refractivity contribution in [1.82, 2.24) is 5.32 Å². The first kappa shape index (κ1) is 14.2. The third-order valence-electron chi connectivity index (χ3n) is 2.67. The Bertz CT molecular complexity index is 376. The number of rotatable bonds is 5. The van der Waals surface area contributed by atoms with Gasteiger partial charge in [0.05, 0.1) is 0 Å². The third kappa shape index (κ3) is 4.50. The average Bonchev–Trinajstić information content (AvgIpc) is 2.27. The lowest BCUT2D eigenvalue weighted by molar-refractivity contribution is 0.0936. The van der Waals surface area contributed by atoms with Gasteiger partial charge in [-0.3, -0.25) is 4.79 Å². The molecule has 0 spiro atoms. The number of carbonyl (C=O) groups is 1. The third-order valence-corrected chi connectivity index (χ3v) is 3.45. The Hall–Kier alpha value is -0.830. The second-order valence-corrected chi connectivity index (χ2v) is 5.42. The Morgan fingerprint density at radius 1 is 1.35 bits per heavy atom.